The van der Waals surface area contributed by atoms with Gasteiger partial charge in [-0.3, -0.25) is 4.99 Å². The van der Waals surface area contributed by atoms with Crippen molar-refractivity contribution in [2.75, 3.05) is 7.11 Å². The molecule has 0 saturated heterocycles. The van der Waals surface area contributed by atoms with Gasteiger partial charge in [-0.2, -0.15) is 0 Å². The van der Waals surface area contributed by atoms with Gasteiger partial charge in [0.2, 0.25) is 0 Å². The van der Waals surface area contributed by atoms with E-state index >= 15 is 0 Å². The molecule has 0 atom stereocenters. The lowest BCUT2D eigenvalue weighted by molar-refractivity contribution is 0.415. The van der Waals surface area contributed by atoms with Gasteiger partial charge in [0.15, 0.2) is 0 Å². The number of aromatic nitrogens is 1. The van der Waals surface area contributed by atoms with Crippen LogP contribution in [0.2, 0.25) is 5.02 Å². The predicted octanol–water partition coefficient (Wildman–Crippen LogP) is 6.27. The van der Waals surface area contributed by atoms with Crippen LogP contribution in [-0.4, -0.2) is 17.9 Å². The fourth-order valence-electron chi connectivity index (χ4n) is 2.79. The van der Waals surface area contributed by atoms with Crippen LogP contribution in [0.25, 0.3) is 5.69 Å². The quantitative estimate of drug-likeness (QED) is 0.459. The Bertz CT molecular complexity index is 930. The number of ether oxygens (including phenoxy) is 1. The minimum absolute atomic E-state index is 0.553. The van der Waals surface area contributed by atoms with Crippen molar-refractivity contribution < 1.29 is 4.74 Å². The average molecular weight is 418 g/mol. The molecule has 0 aliphatic heterocycles. The fourth-order valence-corrected chi connectivity index (χ4v) is 3.30. The van der Waals surface area contributed by atoms with Gasteiger partial charge in [-0.05, 0) is 62.4 Å². The number of hydrogen-bond acceptors (Lipinski definition) is 2. The van der Waals surface area contributed by atoms with E-state index in [0.29, 0.717) is 10.8 Å². The second-order valence-electron chi connectivity index (χ2n) is 5.72. The van der Waals surface area contributed by atoms with Crippen molar-refractivity contribution >= 4 is 39.4 Å². The smallest absolute Gasteiger partial charge is 0.137 e. The molecule has 25 heavy (non-hydrogen) atoms. The molecular formula is C20H18BrClN2O. The number of methoxy groups -OCH3 is 1. The molecule has 0 N–H and O–H groups in total. The Hall–Kier alpha value is -2.04. The summed E-state index contributed by atoms with van der Waals surface area (Å²) in [6.45, 7) is 4.19. The summed E-state index contributed by atoms with van der Waals surface area (Å²) in [5.41, 5.74) is 5.30. The first-order chi connectivity index (χ1) is 12.0. The summed E-state index contributed by atoms with van der Waals surface area (Å²) in [6, 6.07) is 15.9. The van der Waals surface area contributed by atoms with Crippen LogP contribution in [0, 0.1) is 13.8 Å². The third-order valence-electron chi connectivity index (χ3n) is 4.04. The Morgan fingerprint density at radius 3 is 2.44 bits per heavy atom. The second-order valence-corrected chi connectivity index (χ2v) is 7.04. The van der Waals surface area contributed by atoms with Crippen molar-refractivity contribution in [3.8, 4) is 11.4 Å². The van der Waals surface area contributed by atoms with E-state index in [2.05, 4.69) is 57.5 Å². The van der Waals surface area contributed by atoms with Crippen molar-refractivity contribution in [1.29, 1.82) is 0 Å². The van der Waals surface area contributed by atoms with Crippen molar-refractivity contribution in [2.24, 2.45) is 4.99 Å². The van der Waals surface area contributed by atoms with E-state index in [9.17, 15) is 0 Å². The highest BCUT2D eigenvalue weighted by atomic mass is 79.9. The maximum absolute atomic E-state index is 6.16. The normalized spacial score (nSPS) is 11.2. The predicted molar refractivity (Wildman–Crippen MR) is 108 cm³/mol. The molecule has 0 spiro atoms. The lowest BCUT2D eigenvalue weighted by atomic mass is 10.2. The lowest BCUT2D eigenvalue weighted by Gasteiger charge is -2.09. The van der Waals surface area contributed by atoms with Gasteiger partial charge in [0.05, 0.1) is 17.8 Å². The zero-order valence-corrected chi connectivity index (χ0v) is 16.6. The summed E-state index contributed by atoms with van der Waals surface area (Å²) in [7, 11) is 1.60. The largest absolute Gasteiger partial charge is 0.495 e. The maximum atomic E-state index is 6.16. The van der Waals surface area contributed by atoms with Gasteiger partial charge in [0.25, 0.3) is 0 Å². The number of aliphatic imine (C=N–C) groups is 1. The molecule has 0 bridgehead atoms. The monoisotopic (exact) mass is 416 g/mol. The van der Waals surface area contributed by atoms with E-state index in [0.717, 1.165) is 32.8 Å². The first kappa shape index (κ1) is 17.8. The van der Waals surface area contributed by atoms with Gasteiger partial charge >= 0.3 is 0 Å². The Kier molecular flexibility index (Phi) is 5.30. The maximum Gasteiger partial charge on any atom is 0.137 e. The molecule has 3 nitrogen and oxygen atoms in total. The minimum atomic E-state index is 0.553. The van der Waals surface area contributed by atoms with Crippen LogP contribution in [0.15, 0.2) is 58.0 Å². The number of nitrogens with zero attached hydrogens (tertiary/aromatic N) is 2. The van der Waals surface area contributed by atoms with Gasteiger partial charge in [-0.15, -0.1) is 0 Å². The first-order valence-corrected chi connectivity index (χ1v) is 8.99. The van der Waals surface area contributed by atoms with E-state index in [1.165, 1.54) is 0 Å². The number of halogens is 2. The summed E-state index contributed by atoms with van der Waals surface area (Å²) in [5, 5.41) is 0.553. The number of aryl methyl sites for hydroxylation is 1. The topological polar surface area (TPSA) is 26.5 Å². The second kappa shape index (κ2) is 7.46. The average Bonchev–Trinajstić information content (AvgIpc) is 2.88. The molecule has 5 heteroatoms. The van der Waals surface area contributed by atoms with Crippen LogP contribution in [0.5, 0.6) is 5.75 Å². The van der Waals surface area contributed by atoms with Crippen LogP contribution in [0.3, 0.4) is 0 Å². The number of rotatable bonds is 4. The van der Waals surface area contributed by atoms with E-state index in [4.69, 9.17) is 16.3 Å². The molecule has 0 aliphatic carbocycles. The molecule has 2 aromatic carbocycles. The first-order valence-electron chi connectivity index (χ1n) is 7.82. The summed E-state index contributed by atoms with van der Waals surface area (Å²) in [6.07, 6.45) is 1.87. The molecule has 3 rings (SSSR count). The standard InChI is InChI=1S/C20H18BrClN2O/c1-13-10-15(12-23-17-6-9-20(25-3)19(22)11-17)14(2)24(13)18-7-4-16(21)5-8-18/h4-12H,1-3H3. The molecule has 3 aromatic rings. The molecule has 0 unspecified atom stereocenters. The van der Waals surface area contributed by atoms with Crippen molar-refractivity contribution in [3.63, 3.8) is 0 Å². The highest BCUT2D eigenvalue weighted by molar-refractivity contribution is 9.10. The van der Waals surface area contributed by atoms with Crippen LogP contribution in [-0.2, 0) is 0 Å². The highest BCUT2D eigenvalue weighted by Crippen LogP contribution is 2.29. The Morgan fingerprint density at radius 2 is 1.80 bits per heavy atom. The van der Waals surface area contributed by atoms with Crippen molar-refractivity contribution in [2.45, 2.75) is 13.8 Å². The summed E-state index contributed by atoms with van der Waals surface area (Å²) in [5.74, 6) is 0.647. The Labute approximate surface area is 161 Å². The van der Waals surface area contributed by atoms with Crippen molar-refractivity contribution in [3.05, 3.63) is 75.0 Å². The van der Waals surface area contributed by atoms with Crippen LogP contribution >= 0.6 is 27.5 Å². The van der Waals surface area contributed by atoms with Gasteiger partial charge in [0, 0.05) is 33.3 Å². The van der Waals surface area contributed by atoms with Crippen LogP contribution in [0.1, 0.15) is 17.0 Å². The van der Waals surface area contributed by atoms with Gasteiger partial charge < -0.3 is 9.30 Å². The van der Waals surface area contributed by atoms with Gasteiger partial charge in [-0.25, -0.2) is 0 Å². The SMILES string of the molecule is COc1ccc(N=Cc2cc(C)n(-c3ccc(Br)cc3)c2C)cc1Cl. The minimum Gasteiger partial charge on any atom is -0.495 e. The molecule has 0 saturated carbocycles. The molecule has 1 heterocycles. The van der Waals surface area contributed by atoms with Crippen LogP contribution < -0.4 is 4.74 Å². The molecule has 0 radical (unpaired) electrons. The third-order valence-corrected chi connectivity index (χ3v) is 4.87. The Balaban J connectivity index is 1.92. The lowest BCUT2D eigenvalue weighted by Crippen LogP contribution is -1.99. The van der Waals surface area contributed by atoms with E-state index in [1.54, 1.807) is 13.2 Å². The van der Waals surface area contributed by atoms with Crippen molar-refractivity contribution in [1.82, 2.24) is 4.57 Å². The summed E-state index contributed by atoms with van der Waals surface area (Å²) in [4.78, 5) is 4.55. The molecule has 0 fully saturated rings. The zero-order chi connectivity index (χ0) is 18.0. The van der Waals surface area contributed by atoms with E-state index < -0.39 is 0 Å². The van der Waals surface area contributed by atoms with E-state index in [-0.39, 0.29) is 0 Å². The summed E-state index contributed by atoms with van der Waals surface area (Å²) >= 11 is 9.63. The number of hydrogen-bond donors (Lipinski definition) is 0. The third kappa shape index (κ3) is 3.80. The fraction of sp³-hybridized carbons (Fsp3) is 0.150. The van der Waals surface area contributed by atoms with Crippen LogP contribution in [0.4, 0.5) is 5.69 Å². The molecule has 1 aromatic heterocycles. The zero-order valence-electron chi connectivity index (χ0n) is 14.3. The molecular weight excluding hydrogens is 400 g/mol. The molecule has 128 valence electrons. The summed E-state index contributed by atoms with van der Waals surface area (Å²) < 4.78 is 8.45. The number of benzene rings is 2. The highest BCUT2D eigenvalue weighted by Gasteiger charge is 2.09. The Morgan fingerprint density at radius 1 is 1.08 bits per heavy atom. The molecule has 0 aliphatic rings. The van der Waals surface area contributed by atoms with Gasteiger partial charge in [-0.1, -0.05) is 27.5 Å². The van der Waals surface area contributed by atoms with Gasteiger partial charge in [0.1, 0.15) is 5.75 Å². The molecule has 0 amide bonds. The van der Waals surface area contributed by atoms with E-state index in [1.807, 2.05) is 30.5 Å².